The van der Waals surface area contributed by atoms with Crippen LogP contribution >= 0.6 is 11.8 Å². The van der Waals surface area contributed by atoms with Crippen LogP contribution in [0.3, 0.4) is 0 Å². The van der Waals surface area contributed by atoms with Gasteiger partial charge < -0.3 is 5.43 Å². The van der Waals surface area contributed by atoms with Gasteiger partial charge in [-0.1, -0.05) is 6.42 Å². The molecule has 1 aliphatic rings. The van der Waals surface area contributed by atoms with Crippen molar-refractivity contribution in [3.63, 3.8) is 0 Å². The summed E-state index contributed by atoms with van der Waals surface area (Å²) in [6.45, 7) is 0.493. The van der Waals surface area contributed by atoms with Crippen LogP contribution in [0, 0.1) is 0 Å². The number of hydrogen-bond donors (Lipinski definition) is 3. The van der Waals surface area contributed by atoms with E-state index >= 15 is 0 Å². The van der Waals surface area contributed by atoms with E-state index in [1.165, 1.54) is 6.42 Å². The highest BCUT2D eigenvalue weighted by Gasteiger charge is 2.37. The number of nitrogen functional groups attached to an aromatic ring is 1. The first-order chi connectivity index (χ1) is 9.01. The first-order valence-corrected chi connectivity index (χ1v) is 8.84. The second kappa shape index (κ2) is 5.70. The van der Waals surface area contributed by atoms with E-state index in [4.69, 9.17) is 5.84 Å². The number of rotatable bonds is 6. The number of sulfonamides is 1. The van der Waals surface area contributed by atoms with Gasteiger partial charge in [-0.3, -0.25) is 5.84 Å². The van der Waals surface area contributed by atoms with Gasteiger partial charge in [0, 0.05) is 17.0 Å². The maximum Gasteiger partial charge on any atom is 0.240 e. The Hall–Kier alpha value is -0.760. The Bertz CT molecular complexity index is 519. The number of thioether (sulfide) groups is 1. The van der Waals surface area contributed by atoms with Gasteiger partial charge in [0.15, 0.2) is 0 Å². The zero-order valence-corrected chi connectivity index (χ0v) is 12.5. The van der Waals surface area contributed by atoms with Crippen LogP contribution in [-0.4, -0.2) is 26.0 Å². The molecule has 1 saturated carbocycles. The lowest BCUT2D eigenvalue weighted by atomic mass is 9.84. The van der Waals surface area contributed by atoms with Gasteiger partial charge in [0.25, 0.3) is 0 Å². The topological polar surface area (TPSA) is 84.2 Å². The summed E-state index contributed by atoms with van der Waals surface area (Å²) in [6.07, 6.45) is 5.37. The molecule has 7 heteroatoms. The van der Waals surface area contributed by atoms with Crippen LogP contribution in [-0.2, 0) is 10.0 Å². The quantitative estimate of drug-likeness (QED) is 0.548. The molecule has 0 bridgehead atoms. The summed E-state index contributed by atoms with van der Waals surface area (Å²) < 4.78 is 27.1. The average Bonchev–Trinajstić information content (AvgIpc) is 2.38. The van der Waals surface area contributed by atoms with Gasteiger partial charge in [-0.05, 0) is 43.4 Å². The molecule has 1 aliphatic carbocycles. The van der Waals surface area contributed by atoms with E-state index in [1.54, 1.807) is 36.0 Å². The molecule has 0 radical (unpaired) electrons. The van der Waals surface area contributed by atoms with Crippen molar-refractivity contribution in [3.05, 3.63) is 24.3 Å². The summed E-state index contributed by atoms with van der Waals surface area (Å²) in [4.78, 5) is 0.266. The molecule has 0 heterocycles. The first kappa shape index (κ1) is 14.6. The van der Waals surface area contributed by atoms with Gasteiger partial charge in [0.05, 0.1) is 4.90 Å². The van der Waals surface area contributed by atoms with E-state index < -0.39 is 10.0 Å². The molecule has 0 aliphatic heterocycles. The smallest absolute Gasteiger partial charge is 0.240 e. The van der Waals surface area contributed by atoms with Crippen LogP contribution in [0.15, 0.2) is 29.2 Å². The normalized spacial score (nSPS) is 17.8. The molecule has 1 aromatic rings. The predicted molar refractivity (Wildman–Crippen MR) is 79.5 cm³/mol. The maximum atomic E-state index is 12.2. The molecule has 0 atom stereocenters. The zero-order chi connectivity index (χ0) is 13.9. The minimum absolute atomic E-state index is 0.0891. The lowest BCUT2D eigenvalue weighted by Gasteiger charge is -2.40. The Labute approximate surface area is 118 Å². The molecule has 0 aromatic heterocycles. The molecular formula is C12H19N3O2S2. The van der Waals surface area contributed by atoms with Gasteiger partial charge in [-0.2, -0.15) is 11.8 Å². The molecule has 2 rings (SSSR count). The van der Waals surface area contributed by atoms with Crippen molar-refractivity contribution in [1.82, 2.24) is 4.72 Å². The third-order valence-corrected chi connectivity index (χ3v) is 6.45. The first-order valence-electron chi connectivity index (χ1n) is 6.13. The molecule has 19 heavy (non-hydrogen) atoms. The molecular weight excluding hydrogens is 282 g/mol. The fourth-order valence-electron chi connectivity index (χ4n) is 2.06. The largest absolute Gasteiger partial charge is 0.324 e. The molecule has 1 aromatic carbocycles. The summed E-state index contributed by atoms with van der Waals surface area (Å²) in [5.41, 5.74) is 3.15. The third-order valence-electron chi connectivity index (χ3n) is 3.61. The minimum Gasteiger partial charge on any atom is -0.324 e. The van der Waals surface area contributed by atoms with Gasteiger partial charge in [0.1, 0.15) is 0 Å². The SMILES string of the molecule is CSC1(CNS(=O)(=O)c2ccc(NN)cc2)CCC1. The van der Waals surface area contributed by atoms with Crippen molar-refractivity contribution in [1.29, 1.82) is 0 Å². The Morgan fingerprint density at radius 2 is 1.95 bits per heavy atom. The predicted octanol–water partition coefficient (Wildman–Crippen LogP) is 1.54. The van der Waals surface area contributed by atoms with Crippen LogP contribution < -0.4 is 16.0 Å². The van der Waals surface area contributed by atoms with Crippen molar-refractivity contribution in [2.75, 3.05) is 18.2 Å². The number of hydrazine groups is 1. The number of nitrogens with two attached hydrogens (primary N) is 1. The molecule has 106 valence electrons. The Morgan fingerprint density at radius 1 is 1.32 bits per heavy atom. The summed E-state index contributed by atoms with van der Waals surface area (Å²) in [5.74, 6) is 5.25. The van der Waals surface area contributed by atoms with E-state index in [0.29, 0.717) is 12.2 Å². The maximum absolute atomic E-state index is 12.2. The summed E-state index contributed by atoms with van der Waals surface area (Å²) in [6, 6.07) is 6.37. The number of benzene rings is 1. The molecule has 0 spiro atoms. The monoisotopic (exact) mass is 301 g/mol. The highest BCUT2D eigenvalue weighted by molar-refractivity contribution is 8.00. The van der Waals surface area contributed by atoms with Crippen LogP contribution in [0.4, 0.5) is 5.69 Å². The molecule has 5 nitrogen and oxygen atoms in total. The van der Waals surface area contributed by atoms with Gasteiger partial charge in [-0.25, -0.2) is 13.1 Å². The number of nitrogens with one attached hydrogen (secondary N) is 2. The van der Waals surface area contributed by atoms with Crippen LogP contribution in [0.1, 0.15) is 19.3 Å². The lowest BCUT2D eigenvalue weighted by Crippen LogP contribution is -2.45. The van der Waals surface area contributed by atoms with Crippen molar-refractivity contribution < 1.29 is 8.42 Å². The average molecular weight is 301 g/mol. The molecule has 0 unspecified atom stereocenters. The van der Waals surface area contributed by atoms with E-state index in [2.05, 4.69) is 10.1 Å². The van der Waals surface area contributed by atoms with Gasteiger partial charge in [0.2, 0.25) is 10.0 Å². The number of hydrogen-bond acceptors (Lipinski definition) is 5. The van der Waals surface area contributed by atoms with Crippen molar-refractivity contribution in [3.8, 4) is 0 Å². The van der Waals surface area contributed by atoms with Gasteiger partial charge >= 0.3 is 0 Å². The van der Waals surface area contributed by atoms with Crippen molar-refractivity contribution in [2.24, 2.45) is 5.84 Å². The fourth-order valence-corrected chi connectivity index (χ4v) is 4.20. The number of anilines is 1. The Kier molecular flexibility index (Phi) is 4.39. The van der Waals surface area contributed by atoms with Crippen molar-refractivity contribution in [2.45, 2.75) is 28.9 Å². The molecule has 1 fully saturated rings. The van der Waals surface area contributed by atoms with E-state index in [9.17, 15) is 8.42 Å². The zero-order valence-electron chi connectivity index (χ0n) is 10.8. The molecule has 0 amide bonds. The lowest BCUT2D eigenvalue weighted by molar-refractivity contribution is 0.362. The van der Waals surface area contributed by atoms with E-state index in [-0.39, 0.29) is 9.64 Å². The fraction of sp³-hybridized carbons (Fsp3) is 0.500. The summed E-state index contributed by atoms with van der Waals surface area (Å²) in [7, 11) is -3.44. The minimum atomic E-state index is -3.44. The summed E-state index contributed by atoms with van der Waals surface area (Å²) >= 11 is 1.75. The van der Waals surface area contributed by atoms with E-state index in [1.807, 2.05) is 6.26 Å². The standard InChI is InChI=1S/C12H19N3O2S2/c1-18-12(7-2-8-12)9-14-19(16,17)11-5-3-10(15-13)4-6-11/h3-6,14-15H,2,7-9,13H2,1H3. The van der Waals surface area contributed by atoms with Gasteiger partial charge in [-0.15, -0.1) is 0 Å². The highest BCUT2D eigenvalue weighted by Crippen LogP contribution is 2.42. The van der Waals surface area contributed by atoms with Crippen molar-refractivity contribution >= 4 is 27.5 Å². The van der Waals surface area contributed by atoms with E-state index in [0.717, 1.165) is 12.8 Å². The summed E-state index contributed by atoms with van der Waals surface area (Å²) in [5, 5.41) is 0. The Balaban J connectivity index is 2.05. The van der Waals surface area contributed by atoms with Crippen LogP contribution in [0.2, 0.25) is 0 Å². The second-order valence-electron chi connectivity index (χ2n) is 4.73. The molecule has 4 N–H and O–H groups in total. The molecule has 0 saturated heterocycles. The van der Waals surface area contributed by atoms with Crippen LogP contribution in [0.25, 0.3) is 0 Å². The second-order valence-corrected chi connectivity index (χ2v) is 7.78. The Morgan fingerprint density at radius 3 is 2.37 bits per heavy atom. The highest BCUT2D eigenvalue weighted by atomic mass is 32.2. The van der Waals surface area contributed by atoms with Crippen LogP contribution in [0.5, 0.6) is 0 Å². The third kappa shape index (κ3) is 3.22.